The predicted molar refractivity (Wildman–Crippen MR) is 97.8 cm³/mol. The fourth-order valence-electron chi connectivity index (χ4n) is 3.76. The van der Waals surface area contributed by atoms with Crippen LogP contribution in [0, 0.1) is 13.8 Å². The number of hydrogen-bond donors (Lipinski definition) is 1. The fraction of sp³-hybridized carbons (Fsp3) is 0.474. The van der Waals surface area contributed by atoms with E-state index in [2.05, 4.69) is 25.2 Å². The molecule has 24 heavy (non-hydrogen) atoms. The van der Waals surface area contributed by atoms with Crippen LogP contribution in [0.1, 0.15) is 60.1 Å². The van der Waals surface area contributed by atoms with Gasteiger partial charge in [-0.3, -0.25) is 9.48 Å². The molecule has 1 aromatic heterocycles. The summed E-state index contributed by atoms with van der Waals surface area (Å²) >= 11 is 6.58. The lowest BCUT2D eigenvalue weighted by molar-refractivity contribution is -0.115. The summed E-state index contributed by atoms with van der Waals surface area (Å²) in [5.41, 5.74) is 5.78. The monoisotopic (exact) mass is 345 g/mol. The van der Waals surface area contributed by atoms with E-state index in [1.165, 1.54) is 16.7 Å². The second kappa shape index (κ2) is 6.60. The summed E-state index contributed by atoms with van der Waals surface area (Å²) in [6.07, 6.45) is 3.52. The molecule has 0 aliphatic heterocycles. The minimum atomic E-state index is 0.0208. The minimum absolute atomic E-state index is 0.0208. The maximum absolute atomic E-state index is 11.8. The van der Waals surface area contributed by atoms with Crippen LogP contribution < -0.4 is 5.32 Å². The van der Waals surface area contributed by atoms with Crippen molar-refractivity contribution >= 4 is 23.3 Å². The Labute approximate surface area is 148 Å². The molecule has 4 nitrogen and oxygen atoms in total. The zero-order chi connectivity index (χ0) is 17.4. The van der Waals surface area contributed by atoms with Crippen molar-refractivity contribution in [3.8, 4) is 0 Å². The highest BCUT2D eigenvalue weighted by Crippen LogP contribution is 2.42. The van der Waals surface area contributed by atoms with Crippen molar-refractivity contribution < 1.29 is 4.79 Å². The van der Waals surface area contributed by atoms with Crippen molar-refractivity contribution in [2.24, 2.45) is 7.05 Å². The van der Waals surface area contributed by atoms with Gasteiger partial charge in [0.05, 0.1) is 5.69 Å². The SMILES string of the molecule is CCC(=O)Nc1c2c(nn1C)C(c1c(C)cc(C)cc1Cl)CCC2. The van der Waals surface area contributed by atoms with E-state index in [4.69, 9.17) is 16.7 Å². The summed E-state index contributed by atoms with van der Waals surface area (Å²) in [7, 11) is 1.89. The number of carbonyl (C=O) groups excluding carboxylic acids is 1. The van der Waals surface area contributed by atoms with Gasteiger partial charge in [-0.1, -0.05) is 24.6 Å². The molecule has 1 heterocycles. The van der Waals surface area contributed by atoms with Crippen LogP contribution in [0.3, 0.4) is 0 Å². The number of aromatic nitrogens is 2. The number of fused-ring (bicyclic) bond motifs is 1. The number of amides is 1. The topological polar surface area (TPSA) is 46.9 Å². The number of carbonyl (C=O) groups is 1. The van der Waals surface area contributed by atoms with Gasteiger partial charge in [0, 0.05) is 30.0 Å². The molecule has 0 saturated heterocycles. The predicted octanol–water partition coefficient (Wildman–Crippen LogP) is 4.51. The van der Waals surface area contributed by atoms with Gasteiger partial charge in [-0.2, -0.15) is 5.10 Å². The largest absolute Gasteiger partial charge is 0.311 e. The molecular formula is C19H24ClN3O. The van der Waals surface area contributed by atoms with Gasteiger partial charge in [-0.05, 0) is 55.9 Å². The fourth-order valence-corrected chi connectivity index (χ4v) is 4.21. The summed E-state index contributed by atoms with van der Waals surface area (Å²) in [5, 5.41) is 8.57. The Balaban J connectivity index is 2.08. The second-order valence-corrected chi connectivity index (χ2v) is 7.07. The second-order valence-electron chi connectivity index (χ2n) is 6.66. The number of rotatable bonds is 3. The summed E-state index contributed by atoms with van der Waals surface area (Å²) in [6.45, 7) is 6.04. The van der Waals surface area contributed by atoms with Crippen molar-refractivity contribution in [2.75, 3.05) is 5.32 Å². The summed E-state index contributed by atoms with van der Waals surface area (Å²) in [6, 6.07) is 4.21. The number of nitrogens with one attached hydrogen (secondary N) is 1. The Kier molecular flexibility index (Phi) is 4.68. The normalized spacial score (nSPS) is 16.8. The first-order chi connectivity index (χ1) is 11.4. The Morgan fingerprint density at radius 3 is 2.83 bits per heavy atom. The first kappa shape index (κ1) is 17.0. The van der Waals surface area contributed by atoms with E-state index >= 15 is 0 Å². The van der Waals surface area contributed by atoms with Gasteiger partial charge in [0.2, 0.25) is 5.91 Å². The molecule has 1 aromatic carbocycles. The Bertz CT molecular complexity index is 771. The summed E-state index contributed by atoms with van der Waals surface area (Å²) in [4.78, 5) is 11.8. The Morgan fingerprint density at radius 2 is 2.17 bits per heavy atom. The van der Waals surface area contributed by atoms with Gasteiger partial charge in [-0.25, -0.2) is 0 Å². The average molecular weight is 346 g/mol. The Morgan fingerprint density at radius 1 is 1.42 bits per heavy atom. The number of halogens is 1. The third kappa shape index (κ3) is 2.95. The third-order valence-electron chi connectivity index (χ3n) is 4.83. The van der Waals surface area contributed by atoms with Crippen LogP contribution in [0.2, 0.25) is 5.02 Å². The molecule has 1 aliphatic rings. The number of anilines is 1. The lowest BCUT2D eigenvalue weighted by Gasteiger charge is -2.25. The van der Waals surface area contributed by atoms with Crippen LogP contribution in [0.25, 0.3) is 0 Å². The van der Waals surface area contributed by atoms with Gasteiger partial charge in [0.25, 0.3) is 0 Å². The van der Waals surface area contributed by atoms with E-state index in [0.29, 0.717) is 6.42 Å². The van der Waals surface area contributed by atoms with Crippen molar-refractivity contribution in [2.45, 2.75) is 52.4 Å². The molecule has 0 saturated carbocycles. The van der Waals surface area contributed by atoms with Crippen molar-refractivity contribution in [1.82, 2.24) is 9.78 Å². The molecule has 0 bridgehead atoms. The number of aryl methyl sites for hydroxylation is 3. The molecule has 128 valence electrons. The molecule has 1 N–H and O–H groups in total. The minimum Gasteiger partial charge on any atom is -0.311 e. The van der Waals surface area contributed by atoms with Crippen LogP contribution in [-0.4, -0.2) is 15.7 Å². The number of hydrogen-bond acceptors (Lipinski definition) is 2. The molecular weight excluding hydrogens is 322 g/mol. The van der Waals surface area contributed by atoms with Crippen LogP contribution in [0.5, 0.6) is 0 Å². The Hall–Kier alpha value is -1.81. The number of nitrogens with zero attached hydrogens (tertiary/aromatic N) is 2. The van der Waals surface area contributed by atoms with Crippen LogP contribution in [-0.2, 0) is 18.3 Å². The summed E-state index contributed by atoms with van der Waals surface area (Å²) < 4.78 is 1.80. The first-order valence-electron chi connectivity index (χ1n) is 8.54. The van der Waals surface area contributed by atoms with Crippen LogP contribution in [0.4, 0.5) is 5.82 Å². The van der Waals surface area contributed by atoms with Crippen molar-refractivity contribution in [3.63, 3.8) is 0 Å². The molecule has 1 unspecified atom stereocenters. The van der Waals surface area contributed by atoms with Gasteiger partial charge in [0.15, 0.2) is 0 Å². The van der Waals surface area contributed by atoms with Crippen molar-refractivity contribution in [1.29, 1.82) is 0 Å². The molecule has 2 aromatic rings. The molecule has 1 aliphatic carbocycles. The van der Waals surface area contributed by atoms with Gasteiger partial charge in [0.1, 0.15) is 5.82 Å². The van der Waals surface area contributed by atoms with Crippen molar-refractivity contribution in [3.05, 3.63) is 45.1 Å². The van der Waals surface area contributed by atoms with E-state index in [1.54, 1.807) is 4.68 Å². The van der Waals surface area contributed by atoms with E-state index in [0.717, 1.165) is 41.4 Å². The number of benzene rings is 1. The first-order valence-corrected chi connectivity index (χ1v) is 8.92. The highest BCUT2D eigenvalue weighted by molar-refractivity contribution is 6.31. The van der Waals surface area contributed by atoms with Crippen LogP contribution >= 0.6 is 11.6 Å². The molecule has 5 heteroatoms. The standard InChI is InChI=1S/C19H24ClN3O/c1-5-16(24)21-19-14-8-6-7-13(18(14)22-23(19)4)17-12(3)9-11(2)10-15(17)20/h9-10,13H,5-8H2,1-4H3,(H,21,24). The lowest BCUT2D eigenvalue weighted by Crippen LogP contribution is -2.16. The zero-order valence-corrected chi connectivity index (χ0v) is 15.5. The molecule has 1 atom stereocenters. The molecule has 3 rings (SSSR count). The maximum atomic E-state index is 11.8. The smallest absolute Gasteiger partial charge is 0.225 e. The van der Waals surface area contributed by atoms with E-state index in [-0.39, 0.29) is 11.8 Å². The van der Waals surface area contributed by atoms with Gasteiger partial charge >= 0.3 is 0 Å². The van der Waals surface area contributed by atoms with E-state index in [9.17, 15) is 4.79 Å². The molecule has 1 amide bonds. The lowest BCUT2D eigenvalue weighted by atomic mass is 9.81. The molecule has 0 fully saturated rings. The highest BCUT2D eigenvalue weighted by Gasteiger charge is 2.31. The molecule has 0 spiro atoms. The van der Waals surface area contributed by atoms with Crippen LogP contribution in [0.15, 0.2) is 12.1 Å². The van der Waals surface area contributed by atoms with E-state index in [1.807, 2.05) is 20.0 Å². The molecule has 0 radical (unpaired) electrons. The van der Waals surface area contributed by atoms with Gasteiger partial charge < -0.3 is 5.32 Å². The average Bonchev–Trinajstić information content (AvgIpc) is 2.83. The highest BCUT2D eigenvalue weighted by atomic mass is 35.5. The quantitative estimate of drug-likeness (QED) is 0.889. The van der Waals surface area contributed by atoms with Gasteiger partial charge in [-0.15, -0.1) is 0 Å². The third-order valence-corrected chi connectivity index (χ3v) is 5.15. The zero-order valence-electron chi connectivity index (χ0n) is 14.7. The van der Waals surface area contributed by atoms with E-state index < -0.39 is 0 Å². The maximum Gasteiger partial charge on any atom is 0.225 e. The summed E-state index contributed by atoms with van der Waals surface area (Å²) in [5.74, 6) is 1.05.